The van der Waals surface area contributed by atoms with Gasteiger partial charge in [-0.1, -0.05) is 18.2 Å². The zero-order chi connectivity index (χ0) is 12.3. The van der Waals surface area contributed by atoms with E-state index in [0.29, 0.717) is 0 Å². The van der Waals surface area contributed by atoms with Crippen LogP contribution in [0.4, 0.5) is 0 Å². The van der Waals surface area contributed by atoms with Gasteiger partial charge in [0.25, 0.3) is 0 Å². The van der Waals surface area contributed by atoms with Crippen molar-refractivity contribution < 1.29 is 9.53 Å². The largest absolute Gasteiger partial charge is 0.496 e. The number of para-hydroxylation sites is 1. The predicted octanol–water partition coefficient (Wildman–Crippen LogP) is 1.32. The summed E-state index contributed by atoms with van der Waals surface area (Å²) in [5, 5.41) is 0. The van der Waals surface area contributed by atoms with Crippen molar-refractivity contribution in [3.05, 3.63) is 29.8 Å². The first kappa shape index (κ1) is 11.9. The van der Waals surface area contributed by atoms with E-state index in [1.807, 2.05) is 29.2 Å². The molecule has 0 aromatic heterocycles. The smallest absolute Gasteiger partial charge is 0.236 e. The Morgan fingerprint density at radius 1 is 1.53 bits per heavy atom. The minimum atomic E-state index is 0.0124. The summed E-state index contributed by atoms with van der Waals surface area (Å²) < 4.78 is 5.35. The molecule has 2 rings (SSSR count). The van der Waals surface area contributed by atoms with E-state index in [4.69, 9.17) is 10.5 Å². The Morgan fingerprint density at radius 3 is 3.00 bits per heavy atom. The number of carbonyl (C=O) groups is 1. The molecule has 4 heteroatoms. The monoisotopic (exact) mass is 234 g/mol. The number of carbonyl (C=O) groups excluding carboxylic acids is 1. The number of benzene rings is 1. The minimum Gasteiger partial charge on any atom is -0.496 e. The van der Waals surface area contributed by atoms with Crippen molar-refractivity contribution >= 4 is 5.91 Å². The normalized spacial score (nSPS) is 19.4. The quantitative estimate of drug-likeness (QED) is 0.858. The molecule has 17 heavy (non-hydrogen) atoms. The predicted molar refractivity (Wildman–Crippen MR) is 65.7 cm³/mol. The van der Waals surface area contributed by atoms with Crippen molar-refractivity contribution in [3.63, 3.8) is 0 Å². The fourth-order valence-corrected chi connectivity index (χ4v) is 2.45. The summed E-state index contributed by atoms with van der Waals surface area (Å²) in [5.74, 6) is 0.854. The lowest BCUT2D eigenvalue weighted by atomic mass is 10.0. The van der Waals surface area contributed by atoms with Gasteiger partial charge in [-0.05, 0) is 18.9 Å². The Balaban J connectivity index is 2.29. The molecular formula is C13H18N2O2. The van der Waals surface area contributed by atoms with E-state index in [9.17, 15) is 4.79 Å². The summed E-state index contributed by atoms with van der Waals surface area (Å²) in [6, 6.07) is 7.97. The molecular weight excluding hydrogens is 216 g/mol. The maximum atomic E-state index is 11.8. The van der Waals surface area contributed by atoms with Gasteiger partial charge in [-0.25, -0.2) is 0 Å². The number of nitrogens with two attached hydrogens (primary N) is 1. The first-order valence-electron chi connectivity index (χ1n) is 5.90. The molecule has 1 aliphatic rings. The Bertz CT molecular complexity index is 406. The maximum absolute atomic E-state index is 11.8. The van der Waals surface area contributed by atoms with Crippen molar-refractivity contribution in [1.29, 1.82) is 0 Å². The number of rotatable bonds is 3. The van der Waals surface area contributed by atoms with Crippen molar-refractivity contribution in [2.45, 2.75) is 18.9 Å². The Labute approximate surface area is 101 Å². The van der Waals surface area contributed by atoms with Gasteiger partial charge >= 0.3 is 0 Å². The highest BCUT2D eigenvalue weighted by molar-refractivity contribution is 5.79. The molecule has 0 unspecified atom stereocenters. The second kappa shape index (κ2) is 5.19. The fraction of sp³-hybridized carbons (Fsp3) is 0.462. The van der Waals surface area contributed by atoms with Crippen LogP contribution in [-0.4, -0.2) is 31.0 Å². The van der Waals surface area contributed by atoms with Crippen LogP contribution in [0.15, 0.2) is 24.3 Å². The highest BCUT2D eigenvalue weighted by Gasteiger charge is 2.30. The third-order valence-corrected chi connectivity index (χ3v) is 3.25. The Hall–Kier alpha value is -1.55. The van der Waals surface area contributed by atoms with E-state index in [1.54, 1.807) is 7.11 Å². The van der Waals surface area contributed by atoms with E-state index in [2.05, 4.69) is 0 Å². The van der Waals surface area contributed by atoms with E-state index < -0.39 is 0 Å². The number of likely N-dealkylation sites (tertiary alicyclic amines) is 1. The molecule has 1 aromatic rings. The Morgan fingerprint density at radius 2 is 2.29 bits per heavy atom. The van der Waals surface area contributed by atoms with Crippen LogP contribution in [0.2, 0.25) is 0 Å². The molecule has 1 aromatic carbocycles. The summed E-state index contributed by atoms with van der Waals surface area (Å²) >= 11 is 0. The van der Waals surface area contributed by atoms with E-state index >= 15 is 0 Å². The summed E-state index contributed by atoms with van der Waals surface area (Å²) in [6.45, 7) is 0.865. The molecule has 4 nitrogen and oxygen atoms in total. The highest BCUT2D eigenvalue weighted by atomic mass is 16.5. The van der Waals surface area contributed by atoms with Gasteiger partial charge in [-0.15, -0.1) is 0 Å². The lowest BCUT2D eigenvalue weighted by Gasteiger charge is -2.25. The van der Waals surface area contributed by atoms with Crippen molar-refractivity contribution in [2.75, 3.05) is 20.2 Å². The molecule has 0 radical (unpaired) electrons. The number of ether oxygens (including phenoxy) is 1. The number of hydrogen-bond donors (Lipinski definition) is 1. The first-order valence-corrected chi connectivity index (χ1v) is 5.90. The lowest BCUT2D eigenvalue weighted by molar-refractivity contribution is -0.130. The van der Waals surface area contributed by atoms with Gasteiger partial charge in [0.05, 0.1) is 19.7 Å². The molecule has 2 N–H and O–H groups in total. The SMILES string of the molecule is COc1ccccc1[C@@H]1CCCN1C(=O)CN. The van der Waals surface area contributed by atoms with Crippen LogP contribution in [0.25, 0.3) is 0 Å². The van der Waals surface area contributed by atoms with Crippen molar-refractivity contribution in [1.82, 2.24) is 4.90 Å². The van der Waals surface area contributed by atoms with Crippen LogP contribution in [0, 0.1) is 0 Å². The number of amides is 1. The topological polar surface area (TPSA) is 55.6 Å². The van der Waals surface area contributed by atoms with Gasteiger partial charge in [0, 0.05) is 12.1 Å². The fourth-order valence-electron chi connectivity index (χ4n) is 2.45. The standard InChI is InChI=1S/C13H18N2O2/c1-17-12-7-3-2-5-10(12)11-6-4-8-15(11)13(16)9-14/h2-3,5,7,11H,4,6,8-9,14H2,1H3/t11-/m0/s1. The van der Waals surface area contributed by atoms with Crippen LogP contribution in [0.3, 0.4) is 0 Å². The maximum Gasteiger partial charge on any atom is 0.236 e. The molecule has 0 aliphatic carbocycles. The summed E-state index contributed by atoms with van der Waals surface area (Å²) in [6.07, 6.45) is 2.00. The van der Waals surface area contributed by atoms with Crippen LogP contribution in [0.1, 0.15) is 24.4 Å². The molecule has 1 fully saturated rings. The van der Waals surface area contributed by atoms with E-state index in [0.717, 1.165) is 30.7 Å². The van der Waals surface area contributed by atoms with Gasteiger partial charge in [-0.2, -0.15) is 0 Å². The summed E-state index contributed by atoms with van der Waals surface area (Å²) in [4.78, 5) is 13.6. The molecule has 1 aliphatic heterocycles. The third kappa shape index (κ3) is 2.26. The van der Waals surface area contributed by atoms with E-state index in [-0.39, 0.29) is 18.5 Å². The highest BCUT2D eigenvalue weighted by Crippen LogP contribution is 2.36. The molecule has 0 saturated carbocycles. The second-order valence-corrected chi connectivity index (χ2v) is 4.19. The minimum absolute atomic E-state index is 0.0124. The second-order valence-electron chi connectivity index (χ2n) is 4.19. The van der Waals surface area contributed by atoms with Gasteiger partial charge in [-0.3, -0.25) is 4.79 Å². The third-order valence-electron chi connectivity index (χ3n) is 3.25. The molecule has 0 bridgehead atoms. The zero-order valence-electron chi connectivity index (χ0n) is 10.1. The van der Waals surface area contributed by atoms with Gasteiger partial charge < -0.3 is 15.4 Å². The van der Waals surface area contributed by atoms with Gasteiger partial charge in [0.1, 0.15) is 5.75 Å². The van der Waals surface area contributed by atoms with Crippen LogP contribution >= 0.6 is 0 Å². The average Bonchev–Trinajstić information content (AvgIpc) is 2.86. The summed E-state index contributed by atoms with van der Waals surface area (Å²) in [5.41, 5.74) is 6.52. The van der Waals surface area contributed by atoms with Crippen LogP contribution in [0.5, 0.6) is 5.75 Å². The van der Waals surface area contributed by atoms with Crippen molar-refractivity contribution in [3.8, 4) is 5.75 Å². The Kier molecular flexibility index (Phi) is 3.64. The van der Waals surface area contributed by atoms with Crippen LogP contribution < -0.4 is 10.5 Å². The number of methoxy groups -OCH3 is 1. The van der Waals surface area contributed by atoms with Crippen LogP contribution in [-0.2, 0) is 4.79 Å². The number of hydrogen-bond acceptors (Lipinski definition) is 3. The molecule has 1 amide bonds. The van der Waals surface area contributed by atoms with E-state index in [1.165, 1.54) is 0 Å². The summed E-state index contributed by atoms with van der Waals surface area (Å²) in [7, 11) is 1.66. The zero-order valence-corrected chi connectivity index (χ0v) is 10.1. The van der Waals surface area contributed by atoms with Crippen molar-refractivity contribution in [2.24, 2.45) is 5.73 Å². The number of nitrogens with zero attached hydrogens (tertiary/aromatic N) is 1. The molecule has 0 spiro atoms. The molecule has 92 valence electrons. The molecule has 1 heterocycles. The molecule has 1 atom stereocenters. The first-order chi connectivity index (χ1) is 8.27. The van der Waals surface area contributed by atoms with Gasteiger partial charge in [0.15, 0.2) is 0 Å². The van der Waals surface area contributed by atoms with Gasteiger partial charge in [0.2, 0.25) is 5.91 Å². The molecule has 1 saturated heterocycles. The average molecular weight is 234 g/mol. The lowest BCUT2D eigenvalue weighted by Crippen LogP contribution is -2.35.